The van der Waals surface area contributed by atoms with Crippen LogP contribution in [0.3, 0.4) is 0 Å². The first-order valence-corrected chi connectivity index (χ1v) is 14.3. The number of benzene rings is 3. The number of rotatable bonds is 3. The summed E-state index contributed by atoms with van der Waals surface area (Å²) in [5.41, 5.74) is 3.37. The van der Waals surface area contributed by atoms with Gasteiger partial charge in [0.2, 0.25) is 11.8 Å². The van der Waals surface area contributed by atoms with Crippen molar-refractivity contribution in [1.29, 1.82) is 0 Å². The lowest BCUT2D eigenvalue weighted by Gasteiger charge is -2.42. The predicted octanol–water partition coefficient (Wildman–Crippen LogP) is 6.16. The summed E-state index contributed by atoms with van der Waals surface area (Å²) in [7, 11) is 0. The largest absolute Gasteiger partial charge is 0.508 e. The fourth-order valence-corrected chi connectivity index (χ4v) is 7.59. The predicted molar refractivity (Wildman–Crippen MR) is 159 cm³/mol. The van der Waals surface area contributed by atoms with Gasteiger partial charge in [-0.2, -0.15) is 0 Å². The summed E-state index contributed by atoms with van der Waals surface area (Å²) in [4.78, 5) is 56.1. The van der Waals surface area contributed by atoms with E-state index in [4.69, 9.17) is 0 Å². The number of fused-ring (bicyclic) bond motifs is 4. The van der Waals surface area contributed by atoms with E-state index < -0.39 is 23.7 Å². The number of hydrogen-bond donors (Lipinski definition) is 1. The molecule has 41 heavy (non-hydrogen) atoms. The molecule has 0 unspecified atom stereocenters. The van der Waals surface area contributed by atoms with E-state index in [9.17, 15) is 24.3 Å². The smallest absolute Gasteiger partial charge is 0.238 e. The van der Waals surface area contributed by atoms with Gasteiger partial charge in [-0.25, -0.2) is 0 Å². The van der Waals surface area contributed by atoms with E-state index >= 15 is 0 Å². The molecular formula is C34H24BrNO5. The van der Waals surface area contributed by atoms with Crippen LogP contribution in [0.1, 0.15) is 29.9 Å². The molecule has 0 radical (unpaired) electrons. The molecule has 0 spiro atoms. The number of carbonyl (C=O) groups is 4. The molecule has 0 aromatic heterocycles. The van der Waals surface area contributed by atoms with Gasteiger partial charge in [-0.05, 0) is 69.2 Å². The van der Waals surface area contributed by atoms with Crippen molar-refractivity contribution in [3.8, 4) is 5.75 Å². The number of hydrogen-bond acceptors (Lipinski definition) is 5. The van der Waals surface area contributed by atoms with Crippen LogP contribution in [0.5, 0.6) is 5.75 Å². The highest BCUT2D eigenvalue weighted by Gasteiger charge is 2.57. The first kappa shape index (κ1) is 25.6. The number of halogens is 1. The fraction of sp³-hybridized carbons (Fsp3) is 0.176. The summed E-state index contributed by atoms with van der Waals surface area (Å²) in [5.74, 6) is -3.66. The lowest BCUT2D eigenvalue weighted by atomic mass is 9.59. The quantitative estimate of drug-likeness (QED) is 0.219. The molecule has 6 nitrogen and oxygen atoms in total. The lowest BCUT2D eigenvalue weighted by molar-refractivity contribution is -0.123. The molecule has 4 atom stereocenters. The third-order valence-corrected chi connectivity index (χ3v) is 9.54. The third-order valence-electron chi connectivity index (χ3n) is 8.95. The van der Waals surface area contributed by atoms with Crippen LogP contribution >= 0.6 is 15.9 Å². The number of aromatic hydroxyl groups is 1. The number of phenolic OH excluding ortho intramolecular Hbond substituents is 1. The van der Waals surface area contributed by atoms with Crippen LogP contribution < -0.4 is 4.90 Å². The van der Waals surface area contributed by atoms with E-state index in [-0.39, 0.29) is 40.0 Å². The van der Waals surface area contributed by atoms with Crippen molar-refractivity contribution in [3.05, 3.63) is 112 Å². The van der Waals surface area contributed by atoms with Crippen molar-refractivity contribution in [2.75, 3.05) is 4.90 Å². The number of amides is 2. The van der Waals surface area contributed by atoms with E-state index in [2.05, 4.69) is 22.5 Å². The van der Waals surface area contributed by atoms with E-state index in [1.54, 1.807) is 24.3 Å². The highest BCUT2D eigenvalue weighted by atomic mass is 79.9. The molecule has 1 saturated heterocycles. The molecule has 1 N–H and O–H groups in total. The maximum absolute atomic E-state index is 14.1. The number of Topliss-reactive ketones (excluding diaryl/α,β-unsaturated/α-hetero) is 1. The molecule has 202 valence electrons. The SMILES string of the molecule is C=Cc1ccc(N2C(=O)[C@H]3[C@H](CC=C4[C@H](c5c(O)ccc6ccccc56)C5=C(C[C@H]43)C(=O)C(Br)=CC5=O)C2=O)cc1. The molecule has 0 bridgehead atoms. The topological polar surface area (TPSA) is 91.8 Å². The Morgan fingerprint density at radius 3 is 2.44 bits per heavy atom. The van der Waals surface area contributed by atoms with Gasteiger partial charge in [0.25, 0.3) is 0 Å². The van der Waals surface area contributed by atoms with Crippen LogP contribution in [0.4, 0.5) is 5.69 Å². The van der Waals surface area contributed by atoms with E-state index in [1.165, 1.54) is 11.0 Å². The molecule has 7 heteroatoms. The van der Waals surface area contributed by atoms with Gasteiger partial charge in [-0.3, -0.25) is 24.1 Å². The second kappa shape index (κ2) is 9.35. The van der Waals surface area contributed by atoms with Gasteiger partial charge < -0.3 is 5.11 Å². The zero-order valence-corrected chi connectivity index (χ0v) is 23.4. The molecule has 1 aliphatic heterocycles. The Balaban J connectivity index is 1.41. The maximum atomic E-state index is 14.1. The van der Waals surface area contributed by atoms with Gasteiger partial charge in [0.15, 0.2) is 11.6 Å². The summed E-state index contributed by atoms with van der Waals surface area (Å²) >= 11 is 3.26. The van der Waals surface area contributed by atoms with Crippen molar-refractivity contribution in [3.63, 3.8) is 0 Å². The van der Waals surface area contributed by atoms with Crippen molar-refractivity contribution >= 4 is 61.8 Å². The van der Waals surface area contributed by atoms with Crippen molar-refractivity contribution in [2.24, 2.45) is 17.8 Å². The minimum absolute atomic E-state index is 0.0100. The van der Waals surface area contributed by atoms with Gasteiger partial charge in [0, 0.05) is 28.7 Å². The lowest BCUT2D eigenvalue weighted by Crippen LogP contribution is -2.39. The molecule has 7 rings (SSSR count). The van der Waals surface area contributed by atoms with Crippen molar-refractivity contribution in [2.45, 2.75) is 18.8 Å². The average Bonchev–Trinajstić information content (AvgIpc) is 3.24. The zero-order valence-electron chi connectivity index (χ0n) is 21.8. The minimum Gasteiger partial charge on any atom is -0.508 e. The number of allylic oxidation sites excluding steroid dienone is 6. The van der Waals surface area contributed by atoms with Crippen molar-refractivity contribution in [1.82, 2.24) is 0 Å². The summed E-state index contributed by atoms with van der Waals surface area (Å²) in [6.07, 6.45) is 5.44. The van der Waals surface area contributed by atoms with Crippen LogP contribution in [-0.4, -0.2) is 28.5 Å². The standard InChI is InChI=1S/C34H24BrNO5/c1-2-17-7-10-19(11-8-17)36-33(40)22-13-12-21-23(28(22)34(36)41)15-24-30(27(38)16-25(35)32(24)39)31(21)29-20-6-4-3-5-18(20)9-14-26(29)37/h2-12,14,16,22-23,28,31,37H,1,13,15H2/t22-,23+,28-,31+/m0/s1. The van der Waals surface area contributed by atoms with Crippen LogP contribution in [0.15, 0.2) is 101 Å². The van der Waals surface area contributed by atoms with Gasteiger partial charge in [0.1, 0.15) is 5.75 Å². The Hall–Kier alpha value is -4.36. The Kier molecular flexibility index (Phi) is 5.84. The molecule has 0 saturated carbocycles. The highest BCUT2D eigenvalue weighted by molar-refractivity contribution is 9.12. The first-order chi connectivity index (χ1) is 19.8. The van der Waals surface area contributed by atoms with Gasteiger partial charge in [0.05, 0.1) is 22.0 Å². The first-order valence-electron chi connectivity index (χ1n) is 13.5. The molecular weight excluding hydrogens is 582 g/mol. The second-order valence-corrected chi connectivity index (χ2v) is 11.8. The van der Waals surface area contributed by atoms with Gasteiger partial charge in [-0.1, -0.05) is 66.8 Å². The summed E-state index contributed by atoms with van der Waals surface area (Å²) in [5, 5.41) is 12.9. The number of carbonyl (C=O) groups excluding carboxylic acids is 4. The molecule has 3 aliphatic carbocycles. The molecule has 3 aromatic carbocycles. The molecule has 3 aromatic rings. The number of ketones is 2. The van der Waals surface area contributed by atoms with Crippen LogP contribution in [0, 0.1) is 17.8 Å². The number of imide groups is 1. The second-order valence-electron chi connectivity index (χ2n) is 10.9. The molecule has 4 aliphatic rings. The van der Waals surface area contributed by atoms with E-state index in [0.29, 0.717) is 28.8 Å². The van der Waals surface area contributed by atoms with Gasteiger partial charge in [-0.15, -0.1) is 0 Å². The maximum Gasteiger partial charge on any atom is 0.238 e. The Morgan fingerprint density at radius 2 is 1.68 bits per heavy atom. The number of anilines is 1. The van der Waals surface area contributed by atoms with Crippen LogP contribution in [-0.2, 0) is 19.2 Å². The molecule has 2 amide bonds. The summed E-state index contributed by atoms with van der Waals surface area (Å²) in [6, 6.07) is 18.1. The third kappa shape index (κ3) is 3.68. The van der Waals surface area contributed by atoms with Crippen LogP contribution in [0.25, 0.3) is 16.8 Å². The Bertz CT molecular complexity index is 1830. The fourth-order valence-electron chi connectivity index (χ4n) is 7.14. The van der Waals surface area contributed by atoms with Crippen LogP contribution in [0.2, 0.25) is 0 Å². The minimum atomic E-state index is -0.729. The number of nitrogens with zero attached hydrogens (tertiary/aromatic N) is 1. The molecule has 1 fully saturated rings. The average molecular weight is 606 g/mol. The summed E-state index contributed by atoms with van der Waals surface area (Å²) in [6.45, 7) is 3.76. The monoisotopic (exact) mass is 605 g/mol. The van der Waals surface area contributed by atoms with E-state index in [1.807, 2.05) is 48.5 Å². The Morgan fingerprint density at radius 1 is 0.927 bits per heavy atom. The van der Waals surface area contributed by atoms with Crippen molar-refractivity contribution < 1.29 is 24.3 Å². The van der Waals surface area contributed by atoms with E-state index in [0.717, 1.165) is 21.9 Å². The zero-order chi connectivity index (χ0) is 28.6. The number of phenols is 1. The normalized spacial score (nSPS) is 25.5. The molecule has 1 heterocycles. The summed E-state index contributed by atoms with van der Waals surface area (Å²) < 4.78 is 0.166. The van der Waals surface area contributed by atoms with Gasteiger partial charge >= 0.3 is 0 Å². The highest BCUT2D eigenvalue weighted by Crippen LogP contribution is 2.57. The Labute approximate surface area is 244 Å².